The highest BCUT2D eigenvalue weighted by molar-refractivity contribution is 7.80. The molecule has 18 heavy (non-hydrogen) atoms. The Morgan fingerprint density at radius 3 is 1.89 bits per heavy atom. The minimum absolute atomic E-state index is 0.354. The minimum atomic E-state index is 0.354. The van der Waals surface area contributed by atoms with Crippen LogP contribution in [0.25, 0.3) is 0 Å². The Hall–Kier alpha value is -0.430. The van der Waals surface area contributed by atoms with Gasteiger partial charge in [0.1, 0.15) is 0 Å². The van der Waals surface area contributed by atoms with Crippen molar-refractivity contribution in [2.45, 2.75) is 43.8 Å². The summed E-state index contributed by atoms with van der Waals surface area (Å²) >= 11 is 6.00. The molecule has 4 aliphatic carbocycles. The molecule has 1 aromatic rings. The molecule has 0 aromatic heterocycles. The third-order valence-electron chi connectivity index (χ3n) is 5.74. The van der Waals surface area contributed by atoms with Gasteiger partial charge >= 0.3 is 0 Å². The number of rotatable bonds is 2. The van der Waals surface area contributed by atoms with Crippen molar-refractivity contribution in [1.29, 1.82) is 0 Å². The van der Waals surface area contributed by atoms with Crippen LogP contribution in [-0.2, 0) is 0 Å². The zero-order valence-electron chi connectivity index (χ0n) is 10.8. The largest absolute Gasteiger partial charge is 0.0847 e. The maximum atomic E-state index is 6.00. The van der Waals surface area contributed by atoms with Crippen LogP contribution in [0.3, 0.4) is 0 Å². The molecule has 1 aromatic carbocycles. The van der Waals surface area contributed by atoms with Crippen LogP contribution >= 0.6 is 12.6 Å². The van der Waals surface area contributed by atoms with E-state index >= 15 is 0 Å². The quantitative estimate of drug-likeness (QED) is 0.688. The van der Waals surface area contributed by atoms with E-state index in [1.165, 1.54) is 44.1 Å². The van der Waals surface area contributed by atoms with E-state index in [2.05, 4.69) is 30.3 Å². The predicted octanol–water partition coefficient (Wildman–Crippen LogP) is 5.14. The number of hydrogen-bond acceptors (Lipinski definition) is 0. The van der Waals surface area contributed by atoms with Gasteiger partial charge < -0.3 is 0 Å². The molecule has 0 saturated heterocycles. The Balaban J connectivity index is 1.67. The molecule has 1 radical (unpaired) electrons. The third-order valence-corrected chi connectivity index (χ3v) is 6.52. The van der Waals surface area contributed by atoms with Crippen LogP contribution in [-0.4, -0.2) is 0 Å². The number of benzene rings is 1. The zero-order chi connectivity index (χ0) is 12.2. The van der Waals surface area contributed by atoms with Crippen LogP contribution in [0.2, 0.25) is 0 Å². The van der Waals surface area contributed by atoms with Crippen molar-refractivity contribution >= 4 is 12.6 Å². The second kappa shape index (κ2) is 4.03. The number of hydrogen-bond donors (Lipinski definition) is 0. The molecular weight excluding hydrogens is 236 g/mol. The third kappa shape index (κ3) is 1.66. The van der Waals surface area contributed by atoms with Gasteiger partial charge in [-0.2, -0.15) is 0 Å². The average Bonchev–Trinajstić information content (AvgIpc) is 2.37. The summed E-state index contributed by atoms with van der Waals surface area (Å²) in [6.07, 6.45) is 8.79. The molecule has 0 nitrogen and oxygen atoms in total. The first-order valence-corrected chi connectivity index (χ1v) is 7.93. The van der Waals surface area contributed by atoms with E-state index < -0.39 is 0 Å². The molecule has 0 heterocycles. The molecule has 1 heteroatoms. The topological polar surface area (TPSA) is 0 Å². The first-order chi connectivity index (χ1) is 8.75. The van der Waals surface area contributed by atoms with Gasteiger partial charge in [0.2, 0.25) is 0 Å². The molecule has 4 aliphatic rings. The van der Waals surface area contributed by atoms with Crippen molar-refractivity contribution in [1.82, 2.24) is 0 Å². The summed E-state index contributed by atoms with van der Waals surface area (Å²) in [6, 6.07) is 10.9. The maximum Gasteiger partial charge on any atom is 0.0457 e. The van der Waals surface area contributed by atoms with Gasteiger partial charge in [0, 0.05) is 5.25 Å². The fourth-order valence-corrected chi connectivity index (χ4v) is 5.93. The molecule has 4 fully saturated rings. The summed E-state index contributed by atoms with van der Waals surface area (Å²) in [5, 5.41) is 0.354. The van der Waals surface area contributed by atoms with Gasteiger partial charge in [-0.1, -0.05) is 43.0 Å². The Bertz CT molecular complexity index is 401. The lowest BCUT2D eigenvalue weighted by Crippen LogP contribution is -2.47. The highest BCUT2D eigenvalue weighted by Crippen LogP contribution is 2.65. The minimum Gasteiger partial charge on any atom is -0.0847 e. The lowest BCUT2D eigenvalue weighted by molar-refractivity contribution is -0.0536. The van der Waals surface area contributed by atoms with Crippen LogP contribution in [0, 0.1) is 23.2 Å². The molecule has 1 atom stereocenters. The van der Waals surface area contributed by atoms with E-state index in [1.54, 1.807) is 0 Å². The molecule has 0 aliphatic heterocycles. The van der Waals surface area contributed by atoms with E-state index in [1.807, 2.05) is 0 Å². The first-order valence-electron chi connectivity index (χ1n) is 7.46. The van der Waals surface area contributed by atoms with Gasteiger partial charge in [-0.05, 0) is 67.3 Å². The highest BCUT2D eigenvalue weighted by atomic mass is 32.1. The van der Waals surface area contributed by atoms with Crippen molar-refractivity contribution in [3.8, 4) is 0 Å². The van der Waals surface area contributed by atoms with E-state index in [9.17, 15) is 0 Å². The summed E-state index contributed by atoms with van der Waals surface area (Å²) < 4.78 is 0. The second-order valence-electron chi connectivity index (χ2n) is 7.07. The fourth-order valence-electron chi connectivity index (χ4n) is 5.48. The summed E-state index contributed by atoms with van der Waals surface area (Å²) in [4.78, 5) is 0. The lowest BCUT2D eigenvalue weighted by Gasteiger charge is -2.58. The van der Waals surface area contributed by atoms with Crippen molar-refractivity contribution in [3.05, 3.63) is 35.9 Å². The Labute approximate surface area is 116 Å². The van der Waals surface area contributed by atoms with Gasteiger partial charge in [0.15, 0.2) is 0 Å². The van der Waals surface area contributed by atoms with Crippen molar-refractivity contribution < 1.29 is 0 Å². The van der Waals surface area contributed by atoms with Gasteiger partial charge in [0.05, 0.1) is 0 Å². The normalized spacial score (nSPS) is 43.1. The smallest absolute Gasteiger partial charge is 0.0457 e. The van der Waals surface area contributed by atoms with Crippen LogP contribution in [0.1, 0.15) is 49.3 Å². The van der Waals surface area contributed by atoms with Gasteiger partial charge in [-0.3, -0.25) is 0 Å². The SMILES string of the molecule is [S]C(c1ccccc1)C12CC3CC(CC(C3)C1)C2. The monoisotopic (exact) mass is 257 g/mol. The molecular formula is C17H21S. The fraction of sp³-hybridized carbons (Fsp3) is 0.647. The highest BCUT2D eigenvalue weighted by Gasteiger charge is 2.53. The van der Waals surface area contributed by atoms with Crippen LogP contribution in [0.5, 0.6) is 0 Å². The van der Waals surface area contributed by atoms with Crippen LogP contribution in [0.15, 0.2) is 30.3 Å². The van der Waals surface area contributed by atoms with E-state index in [4.69, 9.17) is 12.6 Å². The van der Waals surface area contributed by atoms with Gasteiger partial charge in [-0.25, -0.2) is 0 Å². The second-order valence-corrected chi connectivity index (χ2v) is 7.54. The summed E-state index contributed by atoms with van der Waals surface area (Å²) in [5.41, 5.74) is 1.88. The van der Waals surface area contributed by atoms with Crippen molar-refractivity contribution in [2.75, 3.05) is 0 Å². The molecule has 5 rings (SSSR count). The first kappa shape index (κ1) is 11.4. The van der Waals surface area contributed by atoms with E-state index in [-0.39, 0.29) is 0 Å². The van der Waals surface area contributed by atoms with Gasteiger partial charge in [0.25, 0.3) is 0 Å². The molecule has 4 bridgehead atoms. The molecule has 0 spiro atoms. The van der Waals surface area contributed by atoms with Crippen LogP contribution < -0.4 is 0 Å². The standard InChI is InChI=1S/C17H21S/c18-16(15-4-2-1-3-5-15)17-9-12-6-13(10-17)8-14(7-12)11-17/h1-5,12-14,16H,6-11H2. The maximum absolute atomic E-state index is 6.00. The van der Waals surface area contributed by atoms with Crippen molar-refractivity contribution in [3.63, 3.8) is 0 Å². The molecule has 95 valence electrons. The van der Waals surface area contributed by atoms with E-state index in [0.717, 1.165) is 17.8 Å². The zero-order valence-corrected chi connectivity index (χ0v) is 11.7. The van der Waals surface area contributed by atoms with Gasteiger partial charge in [-0.15, -0.1) is 0 Å². The molecule has 0 amide bonds. The molecule has 0 N–H and O–H groups in total. The Morgan fingerprint density at radius 2 is 1.39 bits per heavy atom. The predicted molar refractivity (Wildman–Crippen MR) is 77.4 cm³/mol. The molecule has 1 unspecified atom stereocenters. The average molecular weight is 257 g/mol. The molecule has 4 saturated carbocycles. The Kier molecular flexibility index (Phi) is 2.55. The van der Waals surface area contributed by atoms with Crippen molar-refractivity contribution in [2.24, 2.45) is 23.2 Å². The summed E-state index contributed by atoms with van der Waals surface area (Å²) in [7, 11) is 0. The van der Waals surface area contributed by atoms with Crippen LogP contribution in [0.4, 0.5) is 0 Å². The van der Waals surface area contributed by atoms with E-state index in [0.29, 0.717) is 10.7 Å². The summed E-state index contributed by atoms with van der Waals surface area (Å²) in [5.74, 6) is 3.02. The summed E-state index contributed by atoms with van der Waals surface area (Å²) in [6.45, 7) is 0. The lowest BCUT2D eigenvalue weighted by atomic mass is 9.48. The Morgan fingerprint density at radius 1 is 0.889 bits per heavy atom.